The minimum Gasteiger partial charge on any atom is -0.466 e. The van der Waals surface area contributed by atoms with Crippen molar-refractivity contribution in [2.75, 3.05) is 13.2 Å². The van der Waals surface area contributed by atoms with Gasteiger partial charge < -0.3 is 20.3 Å². The van der Waals surface area contributed by atoms with Crippen molar-refractivity contribution in [3.8, 4) is 0 Å². The molecule has 3 N–H and O–H groups in total. The molecule has 2 atom stereocenters. The van der Waals surface area contributed by atoms with Gasteiger partial charge in [0.2, 0.25) is 5.91 Å². The summed E-state index contributed by atoms with van der Waals surface area (Å²) < 4.78 is 5.50. The lowest BCUT2D eigenvalue weighted by atomic mass is 10.0. The molecular weight excluding hydrogens is 959 g/mol. The molecule has 78 heavy (non-hydrogen) atoms. The van der Waals surface area contributed by atoms with E-state index in [2.05, 4.69) is 19.2 Å². The first-order valence-electron chi connectivity index (χ1n) is 36.3. The van der Waals surface area contributed by atoms with E-state index in [1.165, 1.54) is 353 Å². The molecule has 466 valence electrons. The van der Waals surface area contributed by atoms with Crippen LogP contribution in [0.5, 0.6) is 0 Å². The number of unbranched alkanes of at least 4 members (excludes halogenated alkanes) is 58. The van der Waals surface area contributed by atoms with Gasteiger partial charge >= 0.3 is 5.97 Å². The van der Waals surface area contributed by atoms with Crippen LogP contribution in [0, 0.1) is 0 Å². The third kappa shape index (κ3) is 64.0. The Bertz CT molecular complexity index is 1130. The highest BCUT2D eigenvalue weighted by Gasteiger charge is 2.20. The molecule has 2 unspecified atom stereocenters. The number of carbonyl (C=O) groups excluding carboxylic acids is 2. The minimum atomic E-state index is -0.664. The average Bonchev–Trinajstić information content (AvgIpc) is 3.44. The molecule has 6 nitrogen and oxygen atoms in total. The molecule has 0 saturated heterocycles. The zero-order valence-corrected chi connectivity index (χ0v) is 53.4. The Morgan fingerprint density at radius 2 is 0.526 bits per heavy atom. The third-order valence-corrected chi connectivity index (χ3v) is 17.4. The maximum absolute atomic E-state index is 12.6. The Morgan fingerprint density at radius 1 is 0.308 bits per heavy atom. The zero-order valence-electron chi connectivity index (χ0n) is 53.4. The van der Waals surface area contributed by atoms with Gasteiger partial charge in [0.05, 0.1) is 25.4 Å². The Kier molecular flexibility index (Phi) is 67.4. The smallest absolute Gasteiger partial charge is 0.305 e. The number of aliphatic hydroxyl groups is 2. The molecule has 0 heterocycles. The largest absolute Gasteiger partial charge is 0.466 e. The second kappa shape index (κ2) is 68.4. The maximum Gasteiger partial charge on any atom is 0.305 e. The maximum atomic E-state index is 12.6. The molecule has 0 aromatic heterocycles. The number of esters is 1. The molecule has 0 aliphatic rings. The molecule has 0 rings (SSSR count). The lowest BCUT2D eigenvalue weighted by Crippen LogP contribution is -2.45. The molecule has 0 aromatic carbocycles. The van der Waals surface area contributed by atoms with Gasteiger partial charge in [-0.15, -0.1) is 0 Å². The summed E-state index contributed by atoms with van der Waals surface area (Å²) in [5, 5.41) is 23.4. The molecule has 0 radical (unpaired) electrons. The quantitative estimate of drug-likeness (QED) is 0.0417. The number of hydrogen-bond donors (Lipinski definition) is 3. The first-order chi connectivity index (χ1) is 38.5. The molecule has 0 fully saturated rings. The van der Waals surface area contributed by atoms with Crippen LogP contribution in [0.15, 0.2) is 0 Å². The summed E-state index contributed by atoms with van der Waals surface area (Å²) in [6.45, 7) is 5.01. The van der Waals surface area contributed by atoms with E-state index in [4.69, 9.17) is 4.74 Å². The molecule has 0 aliphatic carbocycles. The summed E-state index contributed by atoms with van der Waals surface area (Å²) in [6.07, 6.45) is 83.0. The van der Waals surface area contributed by atoms with E-state index in [0.717, 1.165) is 38.5 Å². The summed E-state index contributed by atoms with van der Waals surface area (Å²) in [5.74, 6) is -0.00907. The van der Waals surface area contributed by atoms with Crippen LogP contribution in [0.3, 0.4) is 0 Å². The van der Waals surface area contributed by atoms with Gasteiger partial charge in [0.1, 0.15) is 0 Å². The fraction of sp³-hybridized carbons (Fsp3) is 0.972. The van der Waals surface area contributed by atoms with Gasteiger partial charge in [-0.3, -0.25) is 9.59 Å². The summed E-state index contributed by atoms with van der Waals surface area (Å²) in [6, 6.07) is -0.541. The fourth-order valence-electron chi connectivity index (χ4n) is 11.9. The highest BCUT2D eigenvalue weighted by atomic mass is 16.5. The third-order valence-electron chi connectivity index (χ3n) is 17.4. The van der Waals surface area contributed by atoms with Crippen LogP contribution in [0.1, 0.15) is 425 Å². The lowest BCUT2D eigenvalue weighted by Gasteiger charge is -2.22. The molecule has 0 spiro atoms. The first-order valence-corrected chi connectivity index (χ1v) is 36.3. The van der Waals surface area contributed by atoms with Crippen molar-refractivity contribution in [1.29, 1.82) is 0 Å². The monoisotopic (exact) mass is 1100 g/mol. The Balaban J connectivity index is 3.35. The molecule has 0 saturated carbocycles. The average molecular weight is 1100 g/mol. The predicted octanol–water partition coefficient (Wildman–Crippen LogP) is 23.4. The van der Waals surface area contributed by atoms with Crippen LogP contribution in [0.25, 0.3) is 0 Å². The highest BCUT2D eigenvalue weighted by Crippen LogP contribution is 2.20. The van der Waals surface area contributed by atoms with Crippen molar-refractivity contribution in [3.05, 3.63) is 0 Å². The first kappa shape index (κ1) is 76.9. The SMILES string of the molecule is CCCCCCCCCCCCCCCCCCCCCCCCC(O)C(CO)NC(=O)CCCCCCCCCCCCCCCCCCCCCCCCCOC(=O)CCCCCCCCCCCCCCCCCC. The number of rotatable bonds is 69. The summed E-state index contributed by atoms with van der Waals surface area (Å²) in [4.78, 5) is 24.6. The van der Waals surface area contributed by atoms with Crippen LogP contribution in [-0.4, -0.2) is 47.4 Å². The van der Waals surface area contributed by atoms with Crippen LogP contribution < -0.4 is 5.32 Å². The summed E-state index contributed by atoms with van der Waals surface area (Å²) >= 11 is 0. The van der Waals surface area contributed by atoms with Crippen molar-refractivity contribution >= 4 is 11.9 Å². The predicted molar refractivity (Wildman–Crippen MR) is 343 cm³/mol. The second-order valence-electron chi connectivity index (χ2n) is 25.3. The summed E-state index contributed by atoms with van der Waals surface area (Å²) in [5.41, 5.74) is 0. The van der Waals surface area contributed by atoms with Gasteiger partial charge in [0, 0.05) is 12.8 Å². The van der Waals surface area contributed by atoms with Gasteiger partial charge in [-0.1, -0.05) is 386 Å². The van der Waals surface area contributed by atoms with Gasteiger partial charge in [-0.25, -0.2) is 0 Å². The van der Waals surface area contributed by atoms with Gasteiger partial charge in [-0.2, -0.15) is 0 Å². The number of hydrogen-bond acceptors (Lipinski definition) is 5. The Morgan fingerprint density at radius 3 is 0.782 bits per heavy atom. The standard InChI is InChI=1S/C72H143NO5/c1-3-5-7-9-11-13-15-17-19-21-22-23-27-30-33-36-40-44-48-52-56-60-64-70(75)69(68-74)73-71(76)65-61-57-53-49-45-41-37-34-31-28-25-24-26-29-32-35-39-43-47-51-55-59-63-67-78-72(77)66-62-58-54-50-46-42-38-20-18-16-14-12-10-8-6-4-2/h69-70,74-75H,3-68H2,1-2H3,(H,73,76). The van der Waals surface area contributed by atoms with E-state index in [1.54, 1.807) is 0 Å². The van der Waals surface area contributed by atoms with E-state index >= 15 is 0 Å². The number of ether oxygens (including phenoxy) is 1. The van der Waals surface area contributed by atoms with E-state index in [9.17, 15) is 19.8 Å². The lowest BCUT2D eigenvalue weighted by molar-refractivity contribution is -0.143. The van der Waals surface area contributed by atoms with Crippen molar-refractivity contribution in [1.82, 2.24) is 5.32 Å². The highest BCUT2D eigenvalue weighted by molar-refractivity contribution is 5.76. The van der Waals surface area contributed by atoms with Crippen LogP contribution in [0.2, 0.25) is 0 Å². The normalized spacial score (nSPS) is 12.4. The molecule has 1 amide bonds. The minimum absolute atomic E-state index is 0.0195. The van der Waals surface area contributed by atoms with Crippen molar-refractivity contribution in [3.63, 3.8) is 0 Å². The van der Waals surface area contributed by atoms with E-state index in [1.807, 2.05) is 0 Å². The Labute approximate surface area is 489 Å². The van der Waals surface area contributed by atoms with Gasteiger partial charge in [0.15, 0.2) is 0 Å². The van der Waals surface area contributed by atoms with Gasteiger partial charge in [0.25, 0.3) is 0 Å². The molecule has 0 bridgehead atoms. The fourth-order valence-corrected chi connectivity index (χ4v) is 11.9. The number of aliphatic hydroxyl groups excluding tert-OH is 2. The van der Waals surface area contributed by atoms with Gasteiger partial charge in [-0.05, 0) is 25.7 Å². The van der Waals surface area contributed by atoms with Crippen LogP contribution >= 0.6 is 0 Å². The van der Waals surface area contributed by atoms with E-state index in [0.29, 0.717) is 25.9 Å². The zero-order chi connectivity index (χ0) is 56.4. The Hall–Kier alpha value is -1.14. The molecular formula is C72H143NO5. The molecule has 0 aliphatic heterocycles. The van der Waals surface area contributed by atoms with E-state index in [-0.39, 0.29) is 18.5 Å². The van der Waals surface area contributed by atoms with Crippen molar-refractivity contribution in [2.24, 2.45) is 0 Å². The molecule has 6 heteroatoms. The van der Waals surface area contributed by atoms with E-state index < -0.39 is 12.1 Å². The topological polar surface area (TPSA) is 95.9 Å². The van der Waals surface area contributed by atoms with Crippen LogP contribution in [0.4, 0.5) is 0 Å². The van der Waals surface area contributed by atoms with Crippen molar-refractivity contribution in [2.45, 2.75) is 437 Å². The number of nitrogens with one attached hydrogen (secondary N) is 1. The van der Waals surface area contributed by atoms with Crippen LogP contribution in [-0.2, 0) is 14.3 Å². The second-order valence-corrected chi connectivity index (χ2v) is 25.3. The number of carbonyl (C=O) groups is 2. The molecule has 0 aromatic rings. The summed E-state index contributed by atoms with van der Waals surface area (Å²) in [7, 11) is 0. The number of amides is 1. The van der Waals surface area contributed by atoms with Crippen molar-refractivity contribution < 1.29 is 24.5 Å².